The van der Waals surface area contributed by atoms with E-state index < -0.39 is 35.2 Å². The predicted octanol–water partition coefficient (Wildman–Crippen LogP) is 33.3. The second-order valence-electron chi connectivity index (χ2n) is 34.9. The first-order chi connectivity index (χ1) is 71.0. The van der Waals surface area contributed by atoms with Gasteiger partial charge in [-0.2, -0.15) is 60.6 Å². The van der Waals surface area contributed by atoms with Gasteiger partial charge >= 0.3 is 18.5 Å². The van der Waals surface area contributed by atoms with Crippen LogP contribution < -0.4 is 0 Å². The van der Waals surface area contributed by atoms with Crippen LogP contribution in [-0.4, -0.2) is 39.0 Å². The lowest BCUT2D eigenvalue weighted by Gasteiger charge is -2.22. The highest BCUT2D eigenvalue weighted by atomic mass is 19.4. The minimum atomic E-state index is -4.72. The normalized spacial score (nSPS) is 11.3. The fourth-order valence-corrected chi connectivity index (χ4v) is 18.8. The Labute approximate surface area is 835 Å². The van der Waals surface area contributed by atoms with Crippen LogP contribution in [0, 0.1) is 92.4 Å². The molecule has 21 rings (SSSR count). The van der Waals surface area contributed by atoms with E-state index in [0.717, 1.165) is 40.8 Å². The first-order valence-electron chi connectivity index (χ1n) is 45.6. The zero-order chi connectivity index (χ0) is 102. The zero-order valence-corrected chi connectivity index (χ0v) is 77.5. The molecule has 0 aliphatic carbocycles. The molecule has 0 bridgehead atoms. The Balaban J connectivity index is 0.000000181. The topological polar surface area (TPSA) is 200 Å². The van der Waals surface area contributed by atoms with E-state index in [0.29, 0.717) is 179 Å². The van der Waals surface area contributed by atoms with E-state index in [1.807, 2.05) is 179 Å². The summed E-state index contributed by atoms with van der Waals surface area (Å²) in [6.07, 6.45) is -13.9. The second kappa shape index (κ2) is 38.3. The standard InChI is InChI=1S/C65H36F6N8.C57H31F3N8/c1-37-15-20-50(55(25-37)65(69,70)71)44-18-24-59-54(31-44)53-30-43(49-21-19-48(26-38(49)2)64(66,67)68)17-23-58(53)79(59)60-51(45-16-22-56(74-3)57(34-45)75-4)32-47(33-52(60)46-28-39(35-72)27-40(29-46)36-73)63-77-61(41-11-7-5-8-12-41)76-62(78-63)42-13-9-6-10-14-42;1-34-18-20-45(50(22-34)57(58,59)60)39-19-21-52-49(28-39)46-16-10-11-17-51(46)68(52)53-47(40-24-35(32-61)23-36(25-40)33-62)29-42(30-48(53)41-26-43(63-2)31-44(27-41)64-3)56-66-54(37-12-6-4-7-13-37)65-55(67-56)38-14-8-5-9-15-38/h5-34H,1-2H3;4-31H,1H3. The Kier molecular flexibility index (Phi) is 24.6. The molecule has 17 aromatic carbocycles. The van der Waals surface area contributed by atoms with Crippen molar-refractivity contribution in [2.75, 3.05) is 0 Å². The van der Waals surface area contributed by atoms with Crippen molar-refractivity contribution in [2.45, 2.75) is 39.3 Å². The van der Waals surface area contributed by atoms with Crippen LogP contribution in [0.5, 0.6) is 0 Å². The molecule has 21 aromatic rings. The number of aromatic nitrogens is 8. The van der Waals surface area contributed by atoms with Gasteiger partial charge < -0.3 is 9.13 Å². The van der Waals surface area contributed by atoms with Gasteiger partial charge in [-0.15, -0.1) is 0 Å². The Morgan fingerprint density at radius 2 is 0.565 bits per heavy atom. The third-order valence-electron chi connectivity index (χ3n) is 25.5. The van der Waals surface area contributed by atoms with Gasteiger partial charge in [-0.05, 0) is 209 Å². The fraction of sp³-hybridized carbons (Fsp3) is 0.0492. The summed E-state index contributed by atoms with van der Waals surface area (Å²) in [5, 5.41) is 43.9. The van der Waals surface area contributed by atoms with E-state index >= 15 is 0 Å². The quantitative estimate of drug-likeness (QED) is 0.0702. The Morgan fingerprint density at radius 3 is 0.918 bits per heavy atom. The van der Waals surface area contributed by atoms with Crippen molar-refractivity contribution in [1.82, 2.24) is 39.0 Å². The zero-order valence-electron chi connectivity index (χ0n) is 77.5. The molecule has 0 aliphatic heterocycles. The SMILES string of the molecule is [C-]#[N+]c1cc([N+]#[C-])cc(-c2cc(-c3nc(-c4ccccc4)nc(-c4ccccc4)n3)cc(-c3cc(C#N)cc(C#N)c3)c2-n2c3ccccc3c3cc(-c4ccc(C)cc4C(F)(F)F)ccc32)c1.[C-]#[N+]c1ccc(-c2cc(-c3nc(-c4ccccc4)nc(-c4ccccc4)n3)cc(-c3cc(C#N)cc(C#N)c3)c2-n2c3ccc(-c4ccc(C(F)(F)F)cc4C)cc3c3cc(-c4ccc(C)cc4C(F)(F)F)ccc32)cc1[N+]#[C-]. The van der Waals surface area contributed by atoms with Crippen LogP contribution in [0.15, 0.2) is 352 Å². The molecular formula is C122H67F9N16. The fourth-order valence-electron chi connectivity index (χ4n) is 18.8. The van der Waals surface area contributed by atoms with Gasteiger partial charge in [0.1, 0.15) is 0 Å². The first kappa shape index (κ1) is 94.3. The van der Waals surface area contributed by atoms with Crippen LogP contribution in [0.4, 0.5) is 62.3 Å². The van der Waals surface area contributed by atoms with Gasteiger partial charge in [0.25, 0.3) is 0 Å². The number of rotatable bonds is 15. The van der Waals surface area contributed by atoms with E-state index in [4.69, 9.17) is 56.2 Å². The smallest absolute Gasteiger partial charge is 0.308 e. The van der Waals surface area contributed by atoms with Crippen LogP contribution in [-0.2, 0) is 18.5 Å². The van der Waals surface area contributed by atoms with Crippen molar-refractivity contribution in [3.63, 3.8) is 0 Å². The molecule has 0 aliphatic rings. The van der Waals surface area contributed by atoms with E-state index in [1.165, 1.54) is 42.5 Å². The molecule has 0 unspecified atom stereocenters. The molecule has 0 radical (unpaired) electrons. The van der Waals surface area contributed by atoms with Crippen molar-refractivity contribution in [1.29, 1.82) is 21.0 Å². The average Bonchev–Trinajstić information content (AvgIpc) is 1.58. The van der Waals surface area contributed by atoms with Crippen molar-refractivity contribution in [3.8, 4) is 182 Å². The maximum absolute atomic E-state index is 14.9. The van der Waals surface area contributed by atoms with Gasteiger partial charge in [0.15, 0.2) is 57.7 Å². The Bertz CT molecular complexity index is 9090. The molecule has 0 N–H and O–H groups in total. The van der Waals surface area contributed by atoms with Crippen LogP contribution in [0.3, 0.4) is 0 Å². The van der Waals surface area contributed by atoms with Crippen molar-refractivity contribution >= 4 is 66.4 Å². The van der Waals surface area contributed by atoms with Gasteiger partial charge in [-0.1, -0.05) is 236 Å². The molecule has 0 saturated heterocycles. The molecule has 25 heteroatoms. The molecule has 147 heavy (non-hydrogen) atoms. The molecule has 0 amide bonds. The molecule has 0 spiro atoms. The minimum Gasteiger partial charge on any atom is -0.308 e. The summed E-state index contributed by atoms with van der Waals surface area (Å²) in [6.45, 7) is 37.0. The lowest BCUT2D eigenvalue weighted by molar-refractivity contribution is -0.138. The number of aryl methyl sites for hydroxylation is 3. The summed E-state index contributed by atoms with van der Waals surface area (Å²) < 4.78 is 134. The molecule has 0 saturated carbocycles. The number of nitrogens with zero attached hydrogens (tertiary/aromatic N) is 16. The number of nitriles is 4. The van der Waals surface area contributed by atoms with Crippen molar-refractivity contribution in [2.24, 2.45) is 0 Å². The average molecular weight is 1930 g/mol. The van der Waals surface area contributed by atoms with Gasteiger partial charge in [-0.3, -0.25) is 9.69 Å². The number of fused-ring (bicyclic) bond motifs is 6. The first-order valence-corrected chi connectivity index (χ1v) is 45.6. The summed E-state index contributed by atoms with van der Waals surface area (Å²) in [5.41, 5.74) is 12.6. The van der Waals surface area contributed by atoms with E-state index in [-0.39, 0.29) is 67.5 Å². The van der Waals surface area contributed by atoms with Crippen LogP contribution in [0.25, 0.3) is 221 Å². The monoisotopic (exact) mass is 1930 g/mol. The molecule has 0 atom stereocenters. The number of hydrogen-bond acceptors (Lipinski definition) is 10. The van der Waals surface area contributed by atoms with Crippen LogP contribution in [0.2, 0.25) is 0 Å². The minimum absolute atomic E-state index is 0.0367. The second-order valence-corrected chi connectivity index (χ2v) is 34.9. The molecule has 4 heterocycles. The summed E-state index contributed by atoms with van der Waals surface area (Å²) in [7, 11) is 0. The molecular weight excluding hydrogens is 1860 g/mol. The molecule has 698 valence electrons. The van der Waals surface area contributed by atoms with Crippen LogP contribution in [0.1, 0.15) is 55.6 Å². The van der Waals surface area contributed by atoms with Gasteiger partial charge in [0, 0.05) is 77.2 Å². The summed E-state index contributed by atoms with van der Waals surface area (Å²) in [5.74, 6) is 2.04. The van der Waals surface area contributed by atoms with Crippen LogP contribution >= 0.6 is 0 Å². The summed E-state index contributed by atoms with van der Waals surface area (Å²) >= 11 is 0. The maximum Gasteiger partial charge on any atom is 0.417 e. The van der Waals surface area contributed by atoms with Crippen molar-refractivity contribution in [3.05, 3.63) is 453 Å². The summed E-state index contributed by atoms with van der Waals surface area (Å²) in [6, 6.07) is 108. The van der Waals surface area contributed by atoms with Gasteiger partial charge in [0.2, 0.25) is 0 Å². The lowest BCUT2D eigenvalue weighted by Crippen LogP contribution is -2.07. The van der Waals surface area contributed by atoms with Gasteiger partial charge in [0.05, 0.1) is 123 Å². The van der Waals surface area contributed by atoms with E-state index in [1.54, 1.807) is 136 Å². The third kappa shape index (κ3) is 18.3. The molecule has 16 nitrogen and oxygen atoms in total. The van der Waals surface area contributed by atoms with E-state index in [2.05, 4.69) is 43.7 Å². The van der Waals surface area contributed by atoms with Crippen molar-refractivity contribution < 1.29 is 39.5 Å². The lowest BCUT2D eigenvalue weighted by atomic mass is 9.90. The predicted molar refractivity (Wildman–Crippen MR) is 552 cm³/mol. The third-order valence-corrected chi connectivity index (χ3v) is 25.5. The van der Waals surface area contributed by atoms with E-state index in [9.17, 15) is 60.6 Å². The Hall–Kier alpha value is -20.4. The number of alkyl halides is 9. The highest BCUT2D eigenvalue weighted by Crippen LogP contribution is 2.52. The number of hydrogen-bond donors (Lipinski definition) is 0. The highest BCUT2D eigenvalue weighted by Gasteiger charge is 2.38. The maximum atomic E-state index is 14.9. The number of para-hydroxylation sites is 1. The molecule has 0 fully saturated rings. The summed E-state index contributed by atoms with van der Waals surface area (Å²) in [4.78, 5) is 44.8. The number of halogens is 9. The molecule has 4 aromatic heterocycles. The largest absolute Gasteiger partial charge is 0.417 e. The van der Waals surface area contributed by atoms with Gasteiger partial charge in [-0.25, -0.2) is 39.6 Å². The Morgan fingerprint density at radius 1 is 0.245 bits per heavy atom. The highest BCUT2D eigenvalue weighted by molar-refractivity contribution is 6.15. The number of benzene rings is 17.